The highest BCUT2D eigenvalue weighted by Gasteiger charge is 2.04. The molecule has 0 aromatic rings. The predicted octanol–water partition coefficient (Wildman–Crippen LogP) is 2.83. The summed E-state index contributed by atoms with van der Waals surface area (Å²) in [7, 11) is 0. The number of hydrogen-bond donors (Lipinski definition) is 1. The van der Waals surface area contributed by atoms with Crippen LogP contribution in [0.25, 0.3) is 0 Å². The van der Waals surface area contributed by atoms with Gasteiger partial charge in [-0.1, -0.05) is 27.2 Å². The van der Waals surface area contributed by atoms with Crippen molar-refractivity contribution >= 4 is 0 Å². The average molecular weight is 201 g/mol. The molecule has 0 aromatic heterocycles. The smallest absolute Gasteiger partial charge is 0.0469 e. The maximum atomic E-state index is 5.49. The number of rotatable bonds is 10. The molecule has 1 atom stereocenters. The minimum atomic E-state index is 0.790. The van der Waals surface area contributed by atoms with Crippen LogP contribution < -0.4 is 5.32 Å². The highest BCUT2D eigenvalue weighted by atomic mass is 16.5. The van der Waals surface area contributed by atoms with E-state index in [1.165, 1.54) is 19.3 Å². The zero-order valence-corrected chi connectivity index (χ0v) is 10.1. The lowest BCUT2D eigenvalue weighted by molar-refractivity contribution is 0.119. The second kappa shape index (κ2) is 11.0. The minimum absolute atomic E-state index is 0.790. The van der Waals surface area contributed by atoms with Crippen LogP contribution >= 0.6 is 0 Å². The van der Waals surface area contributed by atoms with E-state index in [1.807, 2.05) is 0 Å². The molecule has 1 unspecified atom stereocenters. The van der Waals surface area contributed by atoms with Crippen LogP contribution in [0, 0.1) is 5.92 Å². The molecule has 0 aliphatic carbocycles. The van der Waals surface area contributed by atoms with E-state index in [-0.39, 0.29) is 0 Å². The zero-order valence-electron chi connectivity index (χ0n) is 10.1. The molecule has 0 amide bonds. The third-order valence-electron chi connectivity index (χ3n) is 2.46. The van der Waals surface area contributed by atoms with Gasteiger partial charge < -0.3 is 10.1 Å². The monoisotopic (exact) mass is 201 g/mol. The van der Waals surface area contributed by atoms with Gasteiger partial charge in [-0.2, -0.15) is 0 Å². The summed E-state index contributed by atoms with van der Waals surface area (Å²) in [5.74, 6) is 0.790. The van der Waals surface area contributed by atoms with Crippen molar-refractivity contribution < 1.29 is 4.74 Å². The highest BCUT2D eigenvalue weighted by molar-refractivity contribution is 4.60. The molecule has 0 spiro atoms. The van der Waals surface area contributed by atoms with Crippen molar-refractivity contribution in [3.05, 3.63) is 0 Å². The van der Waals surface area contributed by atoms with Gasteiger partial charge in [-0.25, -0.2) is 0 Å². The van der Waals surface area contributed by atoms with Crippen LogP contribution in [0.5, 0.6) is 0 Å². The van der Waals surface area contributed by atoms with Gasteiger partial charge in [-0.05, 0) is 38.3 Å². The lowest BCUT2D eigenvalue weighted by Crippen LogP contribution is -2.24. The van der Waals surface area contributed by atoms with Crippen molar-refractivity contribution in [2.24, 2.45) is 5.92 Å². The number of nitrogens with one attached hydrogen (secondary N) is 1. The fraction of sp³-hybridized carbons (Fsp3) is 1.00. The largest absolute Gasteiger partial charge is 0.381 e. The molecule has 1 N–H and O–H groups in total. The lowest BCUT2D eigenvalue weighted by atomic mass is 10.0. The molecule has 0 aliphatic rings. The predicted molar refractivity (Wildman–Crippen MR) is 62.7 cm³/mol. The van der Waals surface area contributed by atoms with Gasteiger partial charge in [0.05, 0.1) is 0 Å². The Morgan fingerprint density at radius 2 is 1.86 bits per heavy atom. The van der Waals surface area contributed by atoms with Crippen LogP contribution in [0.15, 0.2) is 0 Å². The molecule has 14 heavy (non-hydrogen) atoms. The molecule has 0 aliphatic heterocycles. The molecule has 0 saturated heterocycles. The third-order valence-corrected chi connectivity index (χ3v) is 2.46. The summed E-state index contributed by atoms with van der Waals surface area (Å²) in [6, 6.07) is 0. The van der Waals surface area contributed by atoms with Crippen LogP contribution in [0.1, 0.15) is 46.5 Å². The Morgan fingerprint density at radius 1 is 1.07 bits per heavy atom. The van der Waals surface area contributed by atoms with Gasteiger partial charge in [-0.3, -0.25) is 0 Å². The molecule has 0 radical (unpaired) electrons. The third kappa shape index (κ3) is 8.52. The fourth-order valence-corrected chi connectivity index (χ4v) is 1.43. The van der Waals surface area contributed by atoms with Crippen molar-refractivity contribution in [1.82, 2.24) is 5.32 Å². The first-order valence-corrected chi connectivity index (χ1v) is 6.13. The van der Waals surface area contributed by atoms with Crippen molar-refractivity contribution in [2.75, 3.05) is 26.3 Å². The van der Waals surface area contributed by atoms with Crippen molar-refractivity contribution in [1.29, 1.82) is 0 Å². The van der Waals surface area contributed by atoms with E-state index >= 15 is 0 Å². The summed E-state index contributed by atoms with van der Waals surface area (Å²) in [5.41, 5.74) is 0. The van der Waals surface area contributed by atoms with Crippen LogP contribution in [-0.2, 0) is 4.74 Å². The molecule has 2 heteroatoms. The summed E-state index contributed by atoms with van der Waals surface area (Å²) in [6.07, 6.45) is 4.81. The van der Waals surface area contributed by atoms with Gasteiger partial charge in [0, 0.05) is 13.2 Å². The van der Waals surface area contributed by atoms with E-state index < -0.39 is 0 Å². The maximum Gasteiger partial charge on any atom is 0.0469 e. The normalized spacial score (nSPS) is 13.1. The first-order valence-electron chi connectivity index (χ1n) is 6.13. The molecule has 0 aromatic carbocycles. The Kier molecular flexibility index (Phi) is 10.9. The number of hydrogen-bond acceptors (Lipinski definition) is 2. The second-order valence-corrected chi connectivity index (χ2v) is 3.88. The van der Waals surface area contributed by atoms with Gasteiger partial charge in [0.25, 0.3) is 0 Å². The van der Waals surface area contributed by atoms with Crippen LogP contribution in [-0.4, -0.2) is 26.3 Å². The first kappa shape index (κ1) is 13.9. The number of ether oxygens (including phenoxy) is 1. The molecular formula is C12H27NO. The fourth-order valence-electron chi connectivity index (χ4n) is 1.43. The summed E-state index contributed by atoms with van der Waals surface area (Å²) in [5, 5.41) is 3.47. The molecule has 0 bridgehead atoms. The topological polar surface area (TPSA) is 21.3 Å². The van der Waals surface area contributed by atoms with Crippen LogP contribution in [0.2, 0.25) is 0 Å². The maximum absolute atomic E-state index is 5.49. The van der Waals surface area contributed by atoms with Gasteiger partial charge in [-0.15, -0.1) is 0 Å². The lowest BCUT2D eigenvalue weighted by Gasteiger charge is -2.15. The quantitative estimate of drug-likeness (QED) is 0.549. The second-order valence-electron chi connectivity index (χ2n) is 3.88. The van der Waals surface area contributed by atoms with Crippen LogP contribution in [0.4, 0.5) is 0 Å². The molecule has 0 rings (SSSR count). The van der Waals surface area contributed by atoms with E-state index in [4.69, 9.17) is 4.74 Å². The van der Waals surface area contributed by atoms with Crippen molar-refractivity contribution in [3.8, 4) is 0 Å². The van der Waals surface area contributed by atoms with E-state index in [9.17, 15) is 0 Å². The zero-order chi connectivity index (χ0) is 10.6. The van der Waals surface area contributed by atoms with Gasteiger partial charge in [0.1, 0.15) is 0 Å². The van der Waals surface area contributed by atoms with E-state index in [1.54, 1.807) is 0 Å². The minimum Gasteiger partial charge on any atom is -0.381 e. The van der Waals surface area contributed by atoms with E-state index in [2.05, 4.69) is 26.1 Å². The molecule has 2 nitrogen and oxygen atoms in total. The summed E-state index contributed by atoms with van der Waals surface area (Å²) < 4.78 is 5.49. The standard InChI is InChI=1S/C12H27NO/c1-4-8-13-11-12(6-3)7-10-14-9-5-2/h12-13H,4-11H2,1-3H3. The Balaban J connectivity index is 3.28. The summed E-state index contributed by atoms with van der Waals surface area (Å²) in [4.78, 5) is 0. The summed E-state index contributed by atoms with van der Waals surface area (Å²) in [6.45, 7) is 10.8. The van der Waals surface area contributed by atoms with E-state index in [0.717, 1.165) is 38.6 Å². The Morgan fingerprint density at radius 3 is 2.43 bits per heavy atom. The first-order chi connectivity index (χ1) is 6.85. The molecule has 0 fully saturated rings. The van der Waals surface area contributed by atoms with Gasteiger partial charge in [0.2, 0.25) is 0 Å². The summed E-state index contributed by atoms with van der Waals surface area (Å²) >= 11 is 0. The van der Waals surface area contributed by atoms with Gasteiger partial charge in [0.15, 0.2) is 0 Å². The molecular weight excluding hydrogens is 174 g/mol. The Hall–Kier alpha value is -0.0800. The molecule has 86 valence electrons. The van der Waals surface area contributed by atoms with Crippen molar-refractivity contribution in [3.63, 3.8) is 0 Å². The molecule has 0 heterocycles. The SMILES string of the molecule is CCCNCC(CC)CCOCCC. The van der Waals surface area contributed by atoms with Gasteiger partial charge >= 0.3 is 0 Å². The van der Waals surface area contributed by atoms with E-state index in [0.29, 0.717) is 0 Å². The van der Waals surface area contributed by atoms with Crippen LogP contribution in [0.3, 0.4) is 0 Å². The average Bonchev–Trinajstić information content (AvgIpc) is 2.22. The molecule has 0 saturated carbocycles. The Labute approximate surface area is 89.4 Å². The Bertz CT molecular complexity index is 106. The highest BCUT2D eigenvalue weighted by Crippen LogP contribution is 2.06. The van der Waals surface area contributed by atoms with Crippen molar-refractivity contribution in [2.45, 2.75) is 46.5 Å².